The number of aliphatic hydroxyl groups is 1. The maximum atomic E-state index is 13.4. The smallest absolute Gasteiger partial charge is 0.323 e. The molecule has 0 unspecified atom stereocenters. The van der Waals surface area contributed by atoms with Gasteiger partial charge in [0.2, 0.25) is 0 Å². The fourth-order valence-corrected chi connectivity index (χ4v) is 5.18. The van der Waals surface area contributed by atoms with E-state index in [0.717, 1.165) is 16.3 Å². The number of aliphatic hydroxyl groups excluding tert-OH is 1. The number of anilines is 4. The van der Waals surface area contributed by atoms with Crippen molar-refractivity contribution in [2.75, 3.05) is 30.1 Å². The number of pyridine rings is 1. The number of amides is 3. The highest BCUT2D eigenvalue weighted by Crippen LogP contribution is 2.37. The molecule has 0 radical (unpaired) electrons. The number of fused-ring (bicyclic) bond motifs is 1. The minimum atomic E-state index is -0.510. The Morgan fingerprint density at radius 3 is 2.38 bits per heavy atom. The molecule has 5 N–H and O–H groups in total. The van der Waals surface area contributed by atoms with Crippen LogP contribution in [0.4, 0.5) is 27.7 Å². The summed E-state index contributed by atoms with van der Waals surface area (Å²) in [6.45, 7) is 5.94. The topological polar surface area (TPSA) is 134 Å². The number of rotatable bonds is 9. The number of hydrogen-bond donors (Lipinski definition) is 5. The predicted octanol–water partition coefficient (Wildman–Crippen LogP) is 7.55. The van der Waals surface area contributed by atoms with Crippen molar-refractivity contribution in [1.82, 2.24) is 10.3 Å². The summed E-state index contributed by atoms with van der Waals surface area (Å²) < 4.78 is 11.9. The third-order valence-electron chi connectivity index (χ3n) is 7.58. The monoisotopic (exact) mass is 643 g/mol. The lowest BCUT2D eigenvalue weighted by atomic mass is 9.85. The lowest BCUT2D eigenvalue weighted by Crippen LogP contribution is -2.24. The van der Waals surface area contributed by atoms with Gasteiger partial charge in [0.1, 0.15) is 17.3 Å². The number of carbonyl (C=O) groups is 2. The largest absolute Gasteiger partial charge is 0.494 e. The summed E-state index contributed by atoms with van der Waals surface area (Å²) in [4.78, 5) is 30.5. The Morgan fingerprint density at radius 2 is 1.69 bits per heavy atom. The zero-order chi connectivity index (χ0) is 34.4. The van der Waals surface area contributed by atoms with Gasteiger partial charge in [-0.15, -0.1) is 6.42 Å². The van der Waals surface area contributed by atoms with Gasteiger partial charge in [0.15, 0.2) is 5.75 Å². The molecule has 0 aliphatic rings. The molecule has 1 heterocycles. The molecule has 0 aliphatic heterocycles. The van der Waals surface area contributed by atoms with Crippen LogP contribution in [0.2, 0.25) is 0 Å². The number of terminal acetylenes is 1. The van der Waals surface area contributed by atoms with Crippen LogP contribution in [0.3, 0.4) is 0 Å². The minimum Gasteiger partial charge on any atom is -0.494 e. The number of aromatic nitrogens is 1. The van der Waals surface area contributed by atoms with Crippen molar-refractivity contribution >= 4 is 45.6 Å². The fourth-order valence-electron chi connectivity index (χ4n) is 5.18. The summed E-state index contributed by atoms with van der Waals surface area (Å²) in [6, 6.07) is 23.0. The zero-order valence-corrected chi connectivity index (χ0v) is 27.4. The van der Waals surface area contributed by atoms with Gasteiger partial charge in [0.05, 0.1) is 30.7 Å². The van der Waals surface area contributed by atoms with Gasteiger partial charge in [-0.2, -0.15) is 0 Å². The molecule has 4 aromatic carbocycles. The van der Waals surface area contributed by atoms with E-state index in [9.17, 15) is 14.7 Å². The Morgan fingerprint density at radius 1 is 0.938 bits per heavy atom. The molecular weight excluding hydrogens is 606 g/mol. The van der Waals surface area contributed by atoms with E-state index >= 15 is 0 Å². The Kier molecular flexibility index (Phi) is 9.83. The summed E-state index contributed by atoms with van der Waals surface area (Å²) in [5.41, 5.74) is 3.80. The second kappa shape index (κ2) is 14.2. The standard InChI is InChI=1S/C38H37N5O5/c1-7-23-16-24(22-44)18-26(17-23)41-34-21-27(14-15-40-34)48-33-13-12-31(28-10-8-9-11-29(28)33)42-37(46)43-32-20-25(38(2,3)4)19-30(35(32)47-6)36(45)39-5/h1,8-21,44H,22H2,2-6H3,(H,39,45)(H,40,41)(H2,42,43,46). The number of hydrogen-bond acceptors (Lipinski definition) is 7. The van der Waals surface area contributed by atoms with Crippen LogP contribution in [-0.4, -0.2) is 36.2 Å². The highest BCUT2D eigenvalue weighted by molar-refractivity contribution is 6.09. The quantitative estimate of drug-likeness (QED) is 0.105. The van der Waals surface area contributed by atoms with E-state index in [1.165, 1.54) is 7.11 Å². The molecule has 0 atom stereocenters. The molecule has 0 bridgehead atoms. The van der Waals surface area contributed by atoms with Crippen LogP contribution in [0.5, 0.6) is 17.2 Å². The first-order valence-electron chi connectivity index (χ1n) is 15.2. The minimum absolute atomic E-state index is 0.141. The molecule has 5 aromatic rings. The van der Waals surface area contributed by atoms with Crippen molar-refractivity contribution in [3.8, 4) is 29.6 Å². The third kappa shape index (κ3) is 7.49. The lowest BCUT2D eigenvalue weighted by Gasteiger charge is -2.23. The first kappa shape index (κ1) is 33.3. The van der Waals surface area contributed by atoms with Crippen molar-refractivity contribution in [3.05, 3.63) is 107 Å². The maximum absolute atomic E-state index is 13.4. The number of nitrogens with zero attached hydrogens (tertiary/aromatic N) is 1. The summed E-state index contributed by atoms with van der Waals surface area (Å²) >= 11 is 0. The molecule has 3 amide bonds. The van der Waals surface area contributed by atoms with Crippen LogP contribution in [0.25, 0.3) is 10.8 Å². The van der Waals surface area contributed by atoms with Crippen molar-refractivity contribution in [3.63, 3.8) is 0 Å². The summed E-state index contributed by atoms with van der Waals surface area (Å²) in [5.74, 6) is 4.15. The van der Waals surface area contributed by atoms with E-state index in [1.54, 1.807) is 61.8 Å². The van der Waals surface area contributed by atoms with Crippen LogP contribution in [0.1, 0.15) is 47.8 Å². The average molecular weight is 644 g/mol. The van der Waals surface area contributed by atoms with Crippen molar-refractivity contribution in [1.29, 1.82) is 0 Å². The average Bonchev–Trinajstić information content (AvgIpc) is 3.08. The van der Waals surface area contributed by atoms with E-state index in [-0.39, 0.29) is 23.7 Å². The second-order valence-electron chi connectivity index (χ2n) is 12.0. The van der Waals surface area contributed by atoms with Gasteiger partial charge >= 0.3 is 6.03 Å². The van der Waals surface area contributed by atoms with Crippen LogP contribution >= 0.6 is 0 Å². The molecule has 0 aliphatic carbocycles. The number of ether oxygens (including phenoxy) is 2. The third-order valence-corrected chi connectivity index (χ3v) is 7.58. The molecule has 10 heteroatoms. The number of carbonyl (C=O) groups excluding carboxylic acids is 2. The normalized spacial score (nSPS) is 10.9. The Labute approximate surface area is 279 Å². The van der Waals surface area contributed by atoms with Gasteiger partial charge in [0.25, 0.3) is 5.91 Å². The highest BCUT2D eigenvalue weighted by Gasteiger charge is 2.24. The Hall–Kier alpha value is -6.05. The van der Waals surface area contributed by atoms with Crippen molar-refractivity contribution in [2.24, 2.45) is 0 Å². The van der Waals surface area contributed by atoms with E-state index in [0.29, 0.717) is 51.1 Å². The van der Waals surface area contributed by atoms with Gasteiger partial charge in [-0.25, -0.2) is 9.78 Å². The Bertz CT molecular complexity index is 2040. The van der Waals surface area contributed by atoms with Crippen LogP contribution < -0.4 is 30.7 Å². The van der Waals surface area contributed by atoms with E-state index in [4.69, 9.17) is 15.9 Å². The van der Waals surface area contributed by atoms with Crippen LogP contribution in [0, 0.1) is 12.3 Å². The van der Waals surface area contributed by atoms with Gasteiger partial charge in [-0.3, -0.25) is 4.79 Å². The second-order valence-corrected chi connectivity index (χ2v) is 12.0. The number of methoxy groups -OCH3 is 1. The molecule has 244 valence electrons. The van der Waals surface area contributed by atoms with Gasteiger partial charge < -0.3 is 35.8 Å². The van der Waals surface area contributed by atoms with Crippen LogP contribution in [0.15, 0.2) is 85.1 Å². The van der Waals surface area contributed by atoms with E-state index < -0.39 is 6.03 Å². The first-order chi connectivity index (χ1) is 23.0. The molecule has 48 heavy (non-hydrogen) atoms. The molecular formula is C38H37N5O5. The fraction of sp³-hybridized carbons (Fsp3) is 0.184. The first-order valence-corrected chi connectivity index (χ1v) is 15.2. The van der Waals surface area contributed by atoms with E-state index in [2.05, 4.69) is 32.2 Å². The van der Waals surface area contributed by atoms with Crippen LogP contribution in [-0.2, 0) is 12.0 Å². The summed E-state index contributed by atoms with van der Waals surface area (Å²) in [7, 11) is 3.00. The van der Waals surface area contributed by atoms with Crippen molar-refractivity contribution in [2.45, 2.75) is 32.8 Å². The molecule has 0 saturated carbocycles. The Balaban J connectivity index is 1.39. The number of urea groups is 1. The van der Waals surface area contributed by atoms with Gasteiger partial charge in [-0.1, -0.05) is 51.0 Å². The van der Waals surface area contributed by atoms with Gasteiger partial charge in [-0.05, 0) is 65.1 Å². The number of benzene rings is 4. The lowest BCUT2D eigenvalue weighted by molar-refractivity contribution is 0.0960. The highest BCUT2D eigenvalue weighted by atomic mass is 16.5. The molecule has 10 nitrogen and oxygen atoms in total. The molecule has 5 rings (SSSR count). The van der Waals surface area contributed by atoms with E-state index in [1.807, 2.05) is 51.1 Å². The predicted molar refractivity (Wildman–Crippen MR) is 190 cm³/mol. The van der Waals surface area contributed by atoms with Crippen molar-refractivity contribution < 1.29 is 24.2 Å². The number of nitrogens with one attached hydrogen (secondary N) is 4. The zero-order valence-electron chi connectivity index (χ0n) is 27.4. The molecule has 0 fully saturated rings. The molecule has 0 saturated heterocycles. The maximum Gasteiger partial charge on any atom is 0.323 e. The molecule has 0 spiro atoms. The summed E-state index contributed by atoms with van der Waals surface area (Å²) in [5, 5.41) is 22.8. The SMILES string of the molecule is C#Cc1cc(CO)cc(Nc2cc(Oc3ccc(NC(=O)Nc4cc(C(C)(C)C)cc(C(=O)NC)c4OC)c4ccccc34)ccn2)c1. The van der Waals surface area contributed by atoms with Gasteiger partial charge in [0, 0.05) is 41.3 Å². The summed E-state index contributed by atoms with van der Waals surface area (Å²) in [6.07, 6.45) is 7.20. The molecule has 1 aromatic heterocycles.